The molecule has 1 aromatic heterocycles. The summed E-state index contributed by atoms with van der Waals surface area (Å²) in [7, 11) is 0. The number of aryl methyl sites for hydroxylation is 2. The Labute approximate surface area is 142 Å². The van der Waals surface area contributed by atoms with Gasteiger partial charge in [0, 0.05) is 5.56 Å². The van der Waals surface area contributed by atoms with Crippen molar-refractivity contribution in [3.63, 3.8) is 0 Å². The average molecular weight is 319 g/mol. The van der Waals surface area contributed by atoms with Gasteiger partial charge in [0.05, 0.1) is 22.8 Å². The van der Waals surface area contributed by atoms with Crippen molar-refractivity contribution < 1.29 is 4.79 Å². The molecule has 0 bridgehead atoms. The average Bonchev–Trinajstić information content (AvgIpc) is 2.86. The van der Waals surface area contributed by atoms with Crippen molar-refractivity contribution in [2.24, 2.45) is 0 Å². The number of anilines is 1. The third-order valence-corrected chi connectivity index (χ3v) is 4.38. The Kier molecular flexibility index (Phi) is 4.21. The van der Waals surface area contributed by atoms with E-state index in [-0.39, 0.29) is 5.91 Å². The molecule has 3 aromatic rings. The van der Waals surface area contributed by atoms with Gasteiger partial charge in [-0.15, -0.1) is 0 Å². The molecule has 0 aliphatic rings. The highest BCUT2D eigenvalue weighted by molar-refractivity contribution is 6.06. The standard InChI is InChI=1S/C20H21N3O/c1-13-9-8-12-18(14(13)2)20(24)21-19-15(3)22-23(16(19)4)17-10-6-5-7-11-17/h5-12H,1-4H3,(H,21,24). The van der Waals surface area contributed by atoms with E-state index in [0.29, 0.717) is 5.56 Å². The van der Waals surface area contributed by atoms with Gasteiger partial charge in [-0.1, -0.05) is 30.3 Å². The summed E-state index contributed by atoms with van der Waals surface area (Å²) in [6.07, 6.45) is 0. The lowest BCUT2D eigenvalue weighted by molar-refractivity contribution is 0.102. The third kappa shape index (κ3) is 2.83. The molecule has 4 heteroatoms. The first-order valence-electron chi connectivity index (χ1n) is 7.98. The van der Waals surface area contributed by atoms with E-state index in [1.807, 2.05) is 80.9 Å². The number of aromatic nitrogens is 2. The first-order valence-corrected chi connectivity index (χ1v) is 7.98. The fourth-order valence-electron chi connectivity index (χ4n) is 2.82. The van der Waals surface area contributed by atoms with E-state index in [1.54, 1.807) is 0 Å². The van der Waals surface area contributed by atoms with Gasteiger partial charge in [0.2, 0.25) is 0 Å². The minimum absolute atomic E-state index is 0.102. The highest BCUT2D eigenvalue weighted by atomic mass is 16.1. The highest BCUT2D eigenvalue weighted by Crippen LogP contribution is 2.24. The van der Waals surface area contributed by atoms with Gasteiger partial charge in [-0.25, -0.2) is 4.68 Å². The summed E-state index contributed by atoms with van der Waals surface area (Å²) in [5, 5.41) is 7.60. The van der Waals surface area contributed by atoms with Crippen molar-refractivity contribution >= 4 is 11.6 Å². The molecule has 1 amide bonds. The predicted octanol–water partition coefficient (Wildman–Crippen LogP) is 4.36. The van der Waals surface area contributed by atoms with Gasteiger partial charge < -0.3 is 5.32 Å². The van der Waals surface area contributed by atoms with E-state index >= 15 is 0 Å². The van der Waals surface area contributed by atoms with Crippen LogP contribution in [0.15, 0.2) is 48.5 Å². The van der Waals surface area contributed by atoms with E-state index in [1.165, 1.54) is 0 Å². The van der Waals surface area contributed by atoms with Crippen LogP contribution in [0.4, 0.5) is 5.69 Å². The summed E-state index contributed by atoms with van der Waals surface area (Å²) in [4.78, 5) is 12.7. The minimum atomic E-state index is -0.102. The SMILES string of the molecule is Cc1cccc(C(=O)Nc2c(C)nn(-c3ccccc3)c2C)c1C. The van der Waals surface area contributed by atoms with Crippen LogP contribution in [0.5, 0.6) is 0 Å². The summed E-state index contributed by atoms with van der Waals surface area (Å²) in [6.45, 7) is 7.85. The van der Waals surface area contributed by atoms with Crippen LogP contribution in [0.25, 0.3) is 5.69 Å². The second-order valence-electron chi connectivity index (χ2n) is 5.99. The lowest BCUT2D eigenvalue weighted by atomic mass is 10.0. The first kappa shape index (κ1) is 16.0. The maximum absolute atomic E-state index is 12.7. The molecule has 1 heterocycles. The van der Waals surface area contributed by atoms with E-state index in [4.69, 9.17) is 0 Å². The van der Waals surface area contributed by atoms with Crippen molar-refractivity contribution in [1.29, 1.82) is 0 Å². The monoisotopic (exact) mass is 319 g/mol. The van der Waals surface area contributed by atoms with E-state index < -0.39 is 0 Å². The van der Waals surface area contributed by atoms with Crippen LogP contribution in [0.1, 0.15) is 32.9 Å². The fraction of sp³-hybridized carbons (Fsp3) is 0.200. The normalized spacial score (nSPS) is 10.7. The van der Waals surface area contributed by atoms with Crippen molar-refractivity contribution in [2.75, 3.05) is 5.32 Å². The number of rotatable bonds is 3. The highest BCUT2D eigenvalue weighted by Gasteiger charge is 2.17. The lowest BCUT2D eigenvalue weighted by Gasteiger charge is -2.10. The number of hydrogen-bond donors (Lipinski definition) is 1. The molecule has 0 unspecified atom stereocenters. The maximum Gasteiger partial charge on any atom is 0.256 e. The zero-order chi connectivity index (χ0) is 17.3. The summed E-state index contributed by atoms with van der Waals surface area (Å²) in [5.41, 5.74) is 6.26. The topological polar surface area (TPSA) is 46.9 Å². The molecule has 0 fully saturated rings. The molecule has 4 nitrogen and oxygen atoms in total. The number of hydrogen-bond acceptors (Lipinski definition) is 2. The third-order valence-electron chi connectivity index (χ3n) is 4.38. The zero-order valence-electron chi connectivity index (χ0n) is 14.4. The number of carbonyl (C=O) groups is 1. The molecule has 0 atom stereocenters. The molecule has 24 heavy (non-hydrogen) atoms. The molecule has 0 spiro atoms. The van der Waals surface area contributed by atoms with Crippen LogP contribution in [0, 0.1) is 27.7 Å². The second kappa shape index (κ2) is 6.32. The van der Waals surface area contributed by atoms with Crippen LogP contribution in [0.2, 0.25) is 0 Å². The molecular weight excluding hydrogens is 298 g/mol. The van der Waals surface area contributed by atoms with Crippen molar-refractivity contribution in [3.8, 4) is 5.69 Å². The lowest BCUT2D eigenvalue weighted by Crippen LogP contribution is -2.15. The molecule has 1 N–H and O–H groups in total. The summed E-state index contributed by atoms with van der Waals surface area (Å²) < 4.78 is 1.86. The first-order chi connectivity index (χ1) is 11.5. The minimum Gasteiger partial charge on any atom is -0.319 e. The number of benzene rings is 2. The number of para-hydroxylation sites is 1. The molecule has 122 valence electrons. The van der Waals surface area contributed by atoms with Gasteiger partial charge in [0.25, 0.3) is 5.91 Å². The van der Waals surface area contributed by atoms with Gasteiger partial charge >= 0.3 is 0 Å². The smallest absolute Gasteiger partial charge is 0.256 e. The molecular formula is C20H21N3O. The van der Waals surface area contributed by atoms with Crippen LogP contribution in [-0.4, -0.2) is 15.7 Å². The van der Waals surface area contributed by atoms with Crippen LogP contribution < -0.4 is 5.32 Å². The van der Waals surface area contributed by atoms with E-state index in [2.05, 4.69) is 10.4 Å². The zero-order valence-corrected chi connectivity index (χ0v) is 14.4. The number of carbonyl (C=O) groups excluding carboxylic acids is 1. The van der Waals surface area contributed by atoms with E-state index in [0.717, 1.165) is 33.9 Å². The Morgan fingerprint density at radius 1 is 0.958 bits per heavy atom. The van der Waals surface area contributed by atoms with Crippen molar-refractivity contribution in [3.05, 3.63) is 76.6 Å². The van der Waals surface area contributed by atoms with Gasteiger partial charge in [0.1, 0.15) is 0 Å². The summed E-state index contributed by atoms with van der Waals surface area (Å²) in [6, 6.07) is 15.7. The predicted molar refractivity (Wildman–Crippen MR) is 96.9 cm³/mol. The van der Waals surface area contributed by atoms with Gasteiger partial charge in [0.15, 0.2) is 0 Å². The molecule has 0 saturated heterocycles. The number of amides is 1. The molecule has 0 aliphatic heterocycles. The van der Waals surface area contributed by atoms with Crippen molar-refractivity contribution in [2.45, 2.75) is 27.7 Å². The number of nitrogens with zero attached hydrogens (tertiary/aromatic N) is 2. The Morgan fingerprint density at radius 2 is 1.67 bits per heavy atom. The quantitative estimate of drug-likeness (QED) is 0.780. The van der Waals surface area contributed by atoms with Crippen LogP contribution >= 0.6 is 0 Å². The Bertz CT molecular complexity index is 895. The molecule has 0 radical (unpaired) electrons. The van der Waals surface area contributed by atoms with E-state index in [9.17, 15) is 4.79 Å². The Balaban J connectivity index is 1.95. The van der Waals surface area contributed by atoms with Crippen LogP contribution in [0.3, 0.4) is 0 Å². The van der Waals surface area contributed by atoms with Crippen LogP contribution in [-0.2, 0) is 0 Å². The molecule has 2 aromatic carbocycles. The summed E-state index contributed by atoms with van der Waals surface area (Å²) >= 11 is 0. The number of nitrogens with one attached hydrogen (secondary N) is 1. The van der Waals surface area contributed by atoms with Crippen molar-refractivity contribution in [1.82, 2.24) is 9.78 Å². The largest absolute Gasteiger partial charge is 0.319 e. The molecule has 3 rings (SSSR count). The molecule has 0 aliphatic carbocycles. The second-order valence-corrected chi connectivity index (χ2v) is 5.99. The summed E-state index contributed by atoms with van der Waals surface area (Å²) in [5.74, 6) is -0.102. The van der Waals surface area contributed by atoms with Gasteiger partial charge in [-0.2, -0.15) is 5.10 Å². The van der Waals surface area contributed by atoms with Gasteiger partial charge in [-0.3, -0.25) is 4.79 Å². The molecule has 0 saturated carbocycles. The maximum atomic E-state index is 12.7. The van der Waals surface area contributed by atoms with Gasteiger partial charge in [-0.05, 0) is 57.0 Å². The Hall–Kier alpha value is -2.88. The fourth-order valence-corrected chi connectivity index (χ4v) is 2.82. The Morgan fingerprint density at radius 3 is 2.38 bits per heavy atom.